The highest BCUT2D eigenvalue weighted by Gasteiger charge is 2.06. The molecule has 0 atom stereocenters. The van der Waals surface area contributed by atoms with Crippen molar-refractivity contribution < 1.29 is 5.11 Å². The van der Waals surface area contributed by atoms with Gasteiger partial charge in [-0.15, -0.1) is 0 Å². The minimum atomic E-state index is 0.400. The molecule has 0 saturated carbocycles. The van der Waals surface area contributed by atoms with E-state index in [1.54, 1.807) is 6.07 Å². The molecule has 0 spiro atoms. The smallest absolute Gasteiger partial charge is 0.119 e. The summed E-state index contributed by atoms with van der Waals surface area (Å²) in [5, 5.41) is 9.96. The molecule has 0 amide bonds. The van der Waals surface area contributed by atoms with Gasteiger partial charge in [-0.05, 0) is 35.6 Å². The molecule has 0 heterocycles. The van der Waals surface area contributed by atoms with Crippen LogP contribution >= 0.6 is 0 Å². The summed E-state index contributed by atoms with van der Waals surface area (Å²) >= 11 is 0. The van der Waals surface area contributed by atoms with Gasteiger partial charge < -0.3 is 5.11 Å². The molecule has 22 heavy (non-hydrogen) atoms. The summed E-state index contributed by atoms with van der Waals surface area (Å²) in [5.41, 5.74) is 3.79. The van der Waals surface area contributed by atoms with E-state index >= 15 is 0 Å². The minimum absolute atomic E-state index is 0.400. The lowest BCUT2D eigenvalue weighted by molar-refractivity contribution is 0.469. The van der Waals surface area contributed by atoms with Gasteiger partial charge in [0.1, 0.15) is 5.75 Å². The molecule has 1 heteroatoms. The van der Waals surface area contributed by atoms with Crippen molar-refractivity contribution in [3.63, 3.8) is 0 Å². The molecule has 1 N–H and O–H groups in total. The van der Waals surface area contributed by atoms with E-state index in [1.165, 1.54) is 49.7 Å². The van der Waals surface area contributed by atoms with Gasteiger partial charge in [-0.25, -0.2) is 0 Å². The van der Waals surface area contributed by atoms with Crippen molar-refractivity contribution in [3.8, 4) is 5.75 Å². The second kappa shape index (κ2) is 9.30. The average Bonchev–Trinajstić information content (AvgIpc) is 2.54. The number of hydrogen-bond acceptors (Lipinski definition) is 1. The molecule has 0 aromatic heterocycles. The van der Waals surface area contributed by atoms with Gasteiger partial charge in [0.25, 0.3) is 0 Å². The van der Waals surface area contributed by atoms with Crippen molar-refractivity contribution in [2.45, 2.75) is 58.3 Å². The molecule has 0 aliphatic carbocycles. The molecule has 118 valence electrons. The molecule has 0 radical (unpaired) electrons. The Kier molecular flexibility index (Phi) is 7.02. The molecule has 2 aromatic rings. The van der Waals surface area contributed by atoms with Crippen LogP contribution in [0.25, 0.3) is 0 Å². The number of unbranched alkanes of at least 4 members (excludes halogenated alkanes) is 5. The predicted molar refractivity (Wildman–Crippen MR) is 94.4 cm³/mol. The van der Waals surface area contributed by atoms with Crippen molar-refractivity contribution in [2.75, 3.05) is 0 Å². The zero-order valence-corrected chi connectivity index (χ0v) is 13.7. The number of aryl methyl sites for hydroxylation is 1. The fourth-order valence-electron chi connectivity index (χ4n) is 2.94. The lowest BCUT2D eigenvalue weighted by atomic mass is 9.95. The fraction of sp³-hybridized carbons (Fsp3) is 0.429. The molecule has 0 aliphatic heterocycles. The van der Waals surface area contributed by atoms with Crippen molar-refractivity contribution in [2.24, 2.45) is 0 Å². The summed E-state index contributed by atoms with van der Waals surface area (Å²) in [7, 11) is 0. The Balaban J connectivity index is 1.91. The topological polar surface area (TPSA) is 20.2 Å². The quantitative estimate of drug-likeness (QED) is 0.572. The third-order valence-electron chi connectivity index (χ3n) is 4.29. The highest BCUT2D eigenvalue weighted by Crippen LogP contribution is 2.22. The van der Waals surface area contributed by atoms with E-state index < -0.39 is 0 Å². The Hall–Kier alpha value is -1.76. The number of aromatic hydroxyl groups is 1. The molecule has 0 unspecified atom stereocenters. The van der Waals surface area contributed by atoms with Gasteiger partial charge in [0, 0.05) is 6.42 Å². The zero-order valence-electron chi connectivity index (χ0n) is 13.7. The second-order valence-corrected chi connectivity index (χ2v) is 6.09. The van der Waals surface area contributed by atoms with Gasteiger partial charge in [0.2, 0.25) is 0 Å². The van der Waals surface area contributed by atoms with E-state index in [9.17, 15) is 5.11 Å². The first-order chi connectivity index (χ1) is 10.8. The average molecular weight is 296 g/mol. The minimum Gasteiger partial charge on any atom is -0.508 e. The van der Waals surface area contributed by atoms with E-state index in [0.717, 1.165) is 18.4 Å². The van der Waals surface area contributed by atoms with Crippen LogP contribution in [-0.2, 0) is 12.8 Å². The summed E-state index contributed by atoms with van der Waals surface area (Å²) in [5.74, 6) is 0.400. The van der Waals surface area contributed by atoms with Crippen LogP contribution in [0, 0.1) is 0 Å². The molecular weight excluding hydrogens is 268 g/mol. The van der Waals surface area contributed by atoms with Crippen molar-refractivity contribution in [1.82, 2.24) is 0 Å². The van der Waals surface area contributed by atoms with E-state index in [4.69, 9.17) is 0 Å². The number of hydrogen-bond donors (Lipinski definition) is 1. The Morgan fingerprint density at radius 3 is 2.00 bits per heavy atom. The van der Waals surface area contributed by atoms with Crippen molar-refractivity contribution in [1.29, 1.82) is 0 Å². The third kappa shape index (κ3) is 5.22. The Morgan fingerprint density at radius 1 is 0.682 bits per heavy atom. The van der Waals surface area contributed by atoms with Gasteiger partial charge in [-0.2, -0.15) is 0 Å². The summed E-state index contributed by atoms with van der Waals surface area (Å²) < 4.78 is 0. The third-order valence-corrected chi connectivity index (χ3v) is 4.29. The molecule has 2 rings (SSSR count). The lowest BCUT2D eigenvalue weighted by Gasteiger charge is -2.10. The van der Waals surface area contributed by atoms with Crippen LogP contribution in [0.15, 0.2) is 48.5 Å². The summed E-state index contributed by atoms with van der Waals surface area (Å²) in [6, 6.07) is 16.3. The van der Waals surface area contributed by atoms with Crippen LogP contribution in [0.1, 0.15) is 62.1 Å². The maximum absolute atomic E-state index is 9.96. The van der Waals surface area contributed by atoms with Crippen LogP contribution in [0.4, 0.5) is 0 Å². The highest BCUT2D eigenvalue weighted by atomic mass is 16.3. The maximum Gasteiger partial charge on any atom is 0.119 e. The molecular formula is C21H28O. The SMILES string of the molecule is CCCCCCCCc1ccccc1Cc1ccccc1O. The van der Waals surface area contributed by atoms with Crippen molar-refractivity contribution >= 4 is 0 Å². The van der Waals surface area contributed by atoms with Crippen molar-refractivity contribution in [3.05, 3.63) is 65.2 Å². The molecule has 0 bridgehead atoms. The van der Waals surface area contributed by atoms with E-state index in [-0.39, 0.29) is 0 Å². The molecule has 2 aromatic carbocycles. The van der Waals surface area contributed by atoms with Gasteiger partial charge in [-0.1, -0.05) is 81.5 Å². The number of benzene rings is 2. The molecule has 1 nitrogen and oxygen atoms in total. The van der Waals surface area contributed by atoms with Crippen LogP contribution < -0.4 is 0 Å². The second-order valence-electron chi connectivity index (χ2n) is 6.09. The standard InChI is InChI=1S/C21H28O/c1-2-3-4-5-6-7-12-18-13-8-9-14-19(18)17-20-15-10-11-16-21(20)22/h8-11,13-16,22H,2-7,12,17H2,1H3. The zero-order chi connectivity index (χ0) is 15.6. The van der Waals surface area contributed by atoms with Gasteiger partial charge >= 0.3 is 0 Å². The summed E-state index contributed by atoms with van der Waals surface area (Å²) in [4.78, 5) is 0. The number of rotatable bonds is 9. The summed E-state index contributed by atoms with van der Waals surface area (Å²) in [6.45, 7) is 2.26. The molecule has 0 aliphatic rings. The summed E-state index contributed by atoms with van der Waals surface area (Å²) in [6.07, 6.45) is 9.96. The van der Waals surface area contributed by atoms with E-state index in [1.807, 2.05) is 18.2 Å². The fourth-order valence-corrected chi connectivity index (χ4v) is 2.94. The Bertz CT molecular complexity index is 559. The molecule has 0 fully saturated rings. The van der Waals surface area contributed by atoms with E-state index in [0.29, 0.717) is 5.75 Å². The Morgan fingerprint density at radius 2 is 1.27 bits per heavy atom. The monoisotopic (exact) mass is 296 g/mol. The van der Waals surface area contributed by atoms with Gasteiger partial charge in [0.15, 0.2) is 0 Å². The highest BCUT2D eigenvalue weighted by molar-refractivity contribution is 5.39. The number of phenols is 1. The molecule has 0 saturated heterocycles. The van der Waals surface area contributed by atoms with Crippen LogP contribution in [0.2, 0.25) is 0 Å². The number of para-hydroxylation sites is 1. The Labute approximate surface area is 135 Å². The lowest BCUT2D eigenvalue weighted by Crippen LogP contribution is -1.96. The van der Waals surface area contributed by atoms with Crippen LogP contribution in [0.3, 0.4) is 0 Å². The maximum atomic E-state index is 9.96. The van der Waals surface area contributed by atoms with E-state index in [2.05, 4.69) is 31.2 Å². The largest absolute Gasteiger partial charge is 0.508 e. The first-order valence-corrected chi connectivity index (χ1v) is 8.65. The normalized spacial score (nSPS) is 10.8. The van der Waals surface area contributed by atoms with Gasteiger partial charge in [0.05, 0.1) is 0 Å². The first-order valence-electron chi connectivity index (χ1n) is 8.65. The van der Waals surface area contributed by atoms with Crippen LogP contribution in [0.5, 0.6) is 5.75 Å². The predicted octanol–water partition coefficient (Wildman–Crippen LogP) is 5.89. The van der Waals surface area contributed by atoms with Crippen LogP contribution in [-0.4, -0.2) is 5.11 Å². The number of phenolic OH excluding ortho intramolecular Hbond substituents is 1. The first kappa shape index (κ1) is 16.6. The van der Waals surface area contributed by atoms with Gasteiger partial charge in [-0.3, -0.25) is 0 Å².